The summed E-state index contributed by atoms with van der Waals surface area (Å²) in [7, 11) is 1.78. The lowest BCUT2D eigenvalue weighted by atomic mass is 10.1. The van der Waals surface area contributed by atoms with Crippen LogP contribution in [0, 0.1) is 5.21 Å². The van der Waals surface area contributed by atoms with E-state index in [1.54, 1.807) is 18.0 Å². The van der Waals surface area contributed by atoms with Crippen molar-refractivity contribution in [1.82, 2.24) is 4.90 Å². The molecule has 1 atom stereocenters. The Balaban J connectivity index is 2.28. The number of nitrogens with zero attached hydrogens (tertiary/aromatic N) is 2. The van der Waals surface area contributed by atoms with Gasteiger partial charge in [-0.05, 0) is 12.5 Å². The Hall–Kier alpha value is -1.58. The summed E-state index contributed by atoms with van der Waals surface area (Å²) in [6, 6.07) is 3.66. The van der Waals surface area contributed by atoms with E-state index in [2.05, 4.69) is 0 Å². The number of pyridine rings is 1. The summed E-state index contributed by atoms with van der Waals surface area (Å²) in [5.41, 5.74) is 0.913. The summed E-state index contributed by atoms with van der Waals surface area (Å²) in [6.07, 6.45) is 4.36. The van der Waals surface area contributed by atoms with Crippen molar-refractivity contribution in [2.75, 3.05) is 7.05 Å². The van der Waals surface area contributed by atoms with E-state index < -0.39 is 0 Å². The molecule has 0 N–H and O–H groups in total. The minimum Gasteiger partial charge on any atom is -0.619 e. The van der Waals surface area contributed by atoms with Crippen LogP contribution in [0.2, 0.25) is 0 Å². The fourth-order valence-electron chi connectivity index (χ4n) is 1.86. The third-order valence-electron chi connectivity index (χ3n) is 2.68. The highest BCUT2D eigenvalue weighted by Crippen LogP contribution is 2.30. The molecule has 0 unspecified atom stereocenters. The van der Waals surface area contributed by atoms with Gasteiger partial charge >= 0.3 is 0 Å². The van der Waals surface area contributed by atoms with Gasteiger partial charge in [-0.2, -0.15) is 4.73 Å². The highest BCUT2D eigenvalue weighted by Gasteiger charge is 2.29. The zero-order valence-corrected chi connectivity index (χ0v) is 8.01. The fourth-order valence-corrected chi connectivity index (χ4v) is 1.86. The monoisotopic (exact) mass is 192 g/mol. The number of hydrogen-bond acceptors (Lipinski definition) is 2. The lowest BCUT2D eigenvalue weighted by molar-refractivity contribution is -0.606. The Labute approximate surface area is 82.3 Å². The minimum absolute atomic E-state index is 0.0731. The van der Waals surface area contributed by atoms with Crippen LogP contribution in [-0.2, 0) is 4.79 Å². The highest BCUT2D eigenvalue weighted by atomic mass is 16.5. The molecular formula is C10H12N2O2. The zero-order valence-electron chi connectivity index (χ0n) is 8.01. The molecule has 0 spiro atoms. The molecule has 4 nitrogen and oxygen atoms in total. The van der Waals surface area contributed by atoms with Crippen molar-refractivity contribution >= 4 is 5.91 Å². The first-order valence-electron chi connectivity index (χ1n) is 4.63. The molecule has 1 aliphatic heterocycles. The molecule has 1 amide bonds. The Bertz CT molecular complexity index is 365. The smallest absolute Gasteiger partial charge is 0.222 e. The second-order valence-corrected chi connectivity index (χ2v) is 3.56. The number of likely N-dealkylation sites (tertiary alicyclic amines) is 1. The molecule has 1 saturated heterocycles. The van der Waals surface area contributed by atoms with Gasteiger partial charge in [0.25, 0.3) is 0 Å². The number of amides is 1. The SMILES string of the molecule is CN1C(=O)CC[C@@H]1c1ccc[n+]([O-])c1. The van der Waals surface area contributed by atoms with Crippen LogP contribution in [0.1, 0.15) is 24.4 Å². The zero-order chi connectivity index (χ0) is 10.1. The second-order valence-electron chi connectivity index (χ2n) is 3.56. The largest absolute Gasteiger partial charge is 0.619 e. The van der Waals surface area contributed by atoms with Crippen molar-refractivity contribution < 1.29 is 9.52 Å². The molecule has 0 radical (unpaired) electrons. The summed E-state index contributed by atoms with van der Waals surface area (Å²) < 4.78 is 0.770. The molecule has 0 aromatic carbocycles. The average molecular weight is 192 g/mol. The van der Waals surface area contributed by atoms with Gasteiger partial charge < -0.3 is 10.1 Å². The molecule has 1 aromatic rings. The van der Waals surface area contributed by atoms with E-state index in [0.717, 1.165) is 16.7 Å². The van der Waals surface area contributed by atoms with Crippen LogP contribution < -0.4 is 4.73 Å². The second kappa shape index (κ2) is 3.29. The molecule has 2 heterocycles. The van der Waals surface area contributed by atoms with Crippen molar-refractivity contribution in [2.24, 2.45) is 0 Å². The van der Waals surface area contributed by atoms with E-state index in [4.69, 9.17) is 0 Å². The first-order chi connectivity index (χ1) is 6.68. The van der Waals surface area contributed by atoms with Crippen LogP contribution in [-0.4, -0.2) is 17.9 Å². The maximum absolute atomic E-state index is 11.3. The Morgan fingerprint density at radius 1 is 1.64 bits per heavy atom. The average Bonchev–Trinajstić information content (AvgIpc) is 2.48. The summed E-state index contributed by atoms with van der Waals surface area (Å²) in [5, 5.41) is 11.0. The lowest BCUT2D eigenvalue weighted by Crippen LogP contribution is -2.28. The highest BCUT2D eigenvalue weighted by molar-refractivity contribution is 5.78. The summed E-state index contributed by atoms with van der Waals surface area (Å²) in [6.45, 7) is 0. The maximum Gasteiger partial charge on any atom is 0.222 e. The molecule has 14 heavy (non-hydrogen) atoms. The first kappa shape index (κ1) is 8.99. The van der Waals surface area contributed by atoms with Gasteiger partial charge in [-0.3, -0.25) is 4.79 Å². The van der Waals surface area contributed by atoms with Crippen LogP contribution in [0.4, 0.5) is 0 Å². The predicted octanol–water partition coefficient (Wildman–Crippen LogP) is 0.613. The minimum atomic E-state index is 0.0731. The van der Waals surface area contributed by atoms with Gasteiger partial charge in [0.15, 0.2) is 12.4 Å². The number of hydrogen-bond donors (Lipinski definition) is 0. The summed E-state index contributed by atoms with van der Waals surface area (Å²) in [4.78, 5) is 13.0. The van der Waals surface area contributed by atoms with Crippen molar-refractivity contribution in [2.45, 2.75) is 18.9 Å². The topological polar surface area (TPSA) is 47.2 Å². The van der Waals surface area contributed by atoms with Crippen LogP contribution in [0.25, 0.3) is 0 Å². The van der Waals surface area contributed by atoms with Crippen molar-refractivity contribution in [3.8, 4) is 0 Å². The Kier molecular flexibility index (Phi) is 2.11. The molecule has 74 valence electrons. The third kappa shape index (κ3) is 1.43. The molecule has 0 saturated carbocycles. The van der Waals surface area contributed by atoms with E-state index in [0.29, 0.717) is 6.42 Å². The van der Waals surface area contributed by atoms with E-state index >= 15 is 0 Å². The van der Waals surface area contributed by atoms with Gasteiger partial charge in [0.2, 0.25) is 5.91 Å². The van der Waals surface area contributed by atoms with Crippen molar-refractivity contribution in [3.63, 3.8) is 0 Å². The molecule has 1 fully saturated rings. The van der Waals surface area contributed by atoms with Crippen LogP contribution >= 0.6 is 0 Å². The van der Waals surface area contributed by atoms with Gasteiger partial charge in [-0.15, -0.1) is 0 Å². The molecule has 1 aromatic heterocycles. The van der Waals surface area contributed by atoms with Crippen LogP contribution in [0.5, 0.6) is 0 Å². The maximum atomic E-state index is 11.3. The lowest BCUT2D eigenvalue weighted by Gasteiger charge is -2.18. The van der Waals surface area contributed by atoms with Crippen LogP contribution in [0.15, 0.2) is 24.5 Å². The molecule has 1 aliphatic rings. The molecule has 4 heteroatoms. The van der Waals surface area contributed by atoms with Gasteiger partial charge in [-0.25, -0.2) is 0 Å². The molecular weight excluding hydrogens is 180 g/mol. The Morgan fingerprint density at radius 3 is 3.00 bits per heavy atom. The van der Waals surface area contributed by atoms with Crippen molar-refractivity contribution in [3.05, 3.63) is 35.3 Å². The third-order valence-corrected chi connectivity index (χ3v) is 2.68. The van der Waals surface area contributed by atoms with Gasteiger partial charge in [0.05, 0.1) is 6.04 Å². The molecule has 0 bridgehead atoms. The molecule has 2 rings (SSSR count). The summed E-state index contributed by atoms with van der Waals surface area (Å²) >= 11 is 0. The van der Waals surface area contributed by atoms with E-state index in [9.17, 15) is 10.0 Å². The standard InChI is InChI=1S/C10H12N2O2/c1-11-9(4-5-10(11)13)8-3-2-6-12(14)7-8/h2-3,6-7,9H,4-5H2,1H3/t9-/m1/s1. The van der Waals surface area contributed by atoms with Gasteiger partial charge in [0.1, 0.15) is 0 Å². The van der Waals surface area contributed by atoms with Crippen LogP contribution in [0.3, 0.4) is 0 Å². The number of aromatic nitrogens is 1. The predicted molar refractivity (Wildman–Crippen MR) is 50.1 cm³/mol. The Morgan fingerprint density at radius 2 is 2.43 bits per heavy atom. The van der Waals surface area contributed by atoms with Gasteiger partial charge in [0, 0.05) is 25.1 Å². The fraction of sp³-hybridized carbons (Fsp3) is 0.400. The van der Waals surface area contributed by atoms with E-state index in [-0.39, 0.29) is 11.9 Å². The first-order valence-corrected chi connectivity index (χ1v) is 4.63. The normalized spacial score (nSPS) is 21.6. The molecule has 0 aliphatic carbocycles. The van der Waals surface area contributed by atoms with Crippen molar-refractivity contribution in [1.29, 1.82) is 0 Å². The van der Waals surface area contributed by atoms with Gasteiger partial charge in [-0.1, -0.05) is 0 Å². The number of carbonyl (C=O) groups is 1. The van der Waals surface area contributed by atoms with E-state index in [1.807, 2.05) is 6.07 Å². The number of rotatable bonds is 1. The summed E-state index contributed by atoms with van der Waals surface area (Å²) in [5.74, 6) is 0.149. The van der Waals surface area contributed by atoms with E-state index in [1.165, 1.54) is 12.4 Å². The number of carbonyl (C=O) groups excluding carboxylic acids is 1. The quantitative estimate of drug-likeness (QED) is 0.483.